The molecule has 0 spiro atoms. The Hall–Kier alpha value is -2.83. The molecule has 6 heteroatoms. The summed E-state index contributed by atoms with van der Waals surface area (Å²) in [5.41, 5.74) is 2.00. The van der Waals surface area contributed by atoms with Crippen molar-refractivity contribution in [1.29, 1.82) is 0 Å². The zero-order valence-electron chi connectivity index (χ0n) is 17.0. The highest BCUT2D eigenvalue weighted by Crippen LogP contribution is 2.42. The number of amides is 1. The van der Waals surface area contributed by atoms with E-state index < -0.39 is 5.60 Å². The third kappa shape index (κ3) is 3.36. The number of morpholine rings is 1. The van der Waals surface area contributed by atoms with Crippen LogP contribution in [0.2, 0.25) is 0 Å². The number of benzene rings is 2. The first-order valence-electron chi connectivity index (χ1n) is 10.4. The fourth-order valence-electron chi connectivity index (χ4n) is 4.88. The van der Waals surface area contributed by atoms with Crippen LogP contribution in [-0.2, 0) is 28.7 Å². The van der Waals surface area contributed by atoms with Crippen molar-refractivity contribution < 1.29 is 19.4 Å². The van der Waals surface area contributed by atoms with Gasteiger partial charge in [0.05, 0.1) is 30.9 Å². The Labute approximate surface area is 175 Å². The summed E-state index contributed by atoms with van der Waals surface area (Å²) in [4.78, 5) is 14.7. The van der Waals surface area contributed by atoms with Crippen molar-refractivity contribution in [2.75, 3.05) is 13.2 Å². The Kier molecular flexibility index (Phi) is 4.76. The lowest BCUT2D eigenvalue weighted by Crippen LogP contribution is -2.62. The molecule has 3 heterocycles. The number of hydrogen-bond acceptors (Lipinski definition) is 4. The molecule has 2 aliphatic rings. The van der Waals surface area contributed by atoms with E-state index in [0.717, 1.165) is 22.0 Å². The summed E-state index contributed by atoms with van der Waals surface area (Å²) in [6.45, 7) is 1.06. The fraction of sp³-hybridized carbons (Fsp3) is 0.375. The average Bonchev–Trinajstić information content (AvgIpc) is 3.12. The molecule has 5 rings (SSSR count). The van der Waals surface area contributed by atoms with Crippen LogP contribution in [0, 0.1) is 0 Å². The van der Waals surface area contributed by atoms with Crippen LogP contribution in [0.5, 0.6) is 0 Å². The van der Waals surface area contributed by atoms with Gasteiger partial charge in [0.2, 0.25) is 0 Å². The van der Waals surface area contributed by atoms with Gasteiger partial charge in [0, 0.05) is 31.6 Å². The van der Waals surface area contributed by atoms with E-state index in [1.165, 1.54) is 0 Å². The van der Waals surface area contributed by atoms with Crippen molar-refractivity contribution in [3.05, 3.63) is 71.9 Å². The number of aliphatic hydroxyl groups is 1. The van der Waals surface area contributed by atoms with Crippen LogP contribution in [0.25, 0.3) is 10.9 Å². The molecule has 2 atom stereocenters. The molecule has 3 aromatic rings. The maximum absolute atomic E-state index is 12.9. The lowest BCUT2D eigenvalue weighted by atomic mass is 9.77. The van der Waals surface area contributed by atoms with E-state index in [9.17, 15) is 9.90 Å². The zero-order valence-corrected chi connectivity index (χ0v) is 17.0. The molecule has 2 aromatic carbocycles. The second-order valence-electron chi connectivity index (χ2n) is 8.43. The van der Waals surface area contributed by atoms with Crippen molar-refractivity contribution >= 4 is 17.0 Å². The normalized spacial score (nSPS) is 26.0. The van der Waals surface area contributed by atoms with E-state index in [4.69, 9.17) is 9.47 Å². The zero-order chi connectivity index (χ0) is 20.7. The Balaban J connectivity index is 1.35. The number of ether oxygens (including phenoxy) is 2. The standard InChI is InChI=1S/C24H26N2O4/c1-25-10-9-18-11-19(7-8-22(18)25)24(28)12-20-15-29-16-21(13-24)26(20)23(27)30-14-17-5-3-2-4-6-17/h2-11,20-21,28H,12-16H2,1H3. The lowest BCUT2D eigenvalue weighted by molar-refractivity contribution is -0.136. The van der Waals surface area contributed by atoms with Crippen LogP contribution >= 0.6 is 0 Å². The number of carbonyl (C=O) groups is 1. The quantitative estimate of drug-likeness (QED) is 0.722. The Morgan fingerprint density at radius 2 is 1.87 bits per heavy atom. The second-order valence-corrected chi connectivity index (χ2v) is 8.43. The predicted molar refractivity (Wildman–Crippen MR) is 113 cm³/mol. The highest BCUT2D eigenvalue weighted by atomic mass is 16.6. The van der Waals surface area contributed by atoms with Crippen molar-refractivity contribution in [1.82, 2.24) is 9.47 Å². The number of aromatic nitrogens is 1. The molecule has 2 aliphatic heterocycles. The van der Waals surface area contributed by atoms with E-state index >= 15 is 0 Å². The van der Waals surface area contributed by atoms with Crippen LogP contribution in [-0.4, -0.2) is 46.0 Å². The van der Waals surface area contributed by atoms with Crippen molar-refractivity contribution in [2.45, 2.75) is 37.1 Å². The van der Waals surface area contributed by atoms with Crippen LogP contribution in [0.15, 0.2) is 60.8 Å². The van der Waals surface area contributed by atoms with Gasteiger partial charge in [-0.25, -0.2) is 4.79 Å². The lowest BCUT2D eigenvalue weighted by Gasteiger charge is -2.51. The molecular formula is C24H26N2O4. The molecule has 2 bridgehead atoms. The molecule has 0 radical (unpaired) electrons. The Morgan fingerprint density at radius 1 is 1.13 bits per heavy atom. The van der Waals surface area contributed by atoms with E-state index in [-0.39, 0.29) is 24.8 Å². The summed E-state index contributed by atoms with van der Waals surface area (Å²) in [6, 6.07) is 17.4. The van der Waals surface area contributed by atoms with Crippen LogP contribution in [0.4, 0.5) is 4.79 Å². The van der Waals surface area contributed by atoms with Crippen molar-refractivity contribution in [3.8, 4) is 0 Å². The number of nitrogens with zero attached hydrogens (tertiary/aromatic N) is 2. The second kappa shape index (κ2) is 7.45. The van der Waals surface area contributed by atoms with Gasteiger partial charge in [-0.3, -0.25) is 4.90 Å². The topological polar surface area (TPSA) is 63.9 Å². The average molecular weight is 406 g/mol. The molecule has 1 N–H and O–H groups in total. The summed E-state index contributed by atoms with van der Waals surface area (Å²) >= 11 is 0. The van der Waals surface area contributed by atoms with Gasteiger partial charge in [0.1, 0.15) is 6.61 Å². The van der Waals surface area contributed by atoms with Gasteiger partial charge in [0.15, 0.2) is 0 Å². The predicted octanol–water partition coefficient (Wildman–Crippen LogP) is 3.57. The maximum atomic E-state index is 12.9. The summed E-state index contributed by atoms with van der Waals surface area (Å²) in [6.07, 6.45) is 2.55. The molecule has 30 heavy (non-hydrogen) atoms. The van der Waals surface area contributed by atoms with Gasteiger partial charge < -0.3 is 19.1 Å². The summed E-state index contributed by atoms with van der Waals surface area (Å²) in [7, 11) is 2.01. The third-order valence-electron chi connectivity index (χ3n) is 6.39. The minimum atomic E-state index is -0.987. The van der Waals surface area contributed by atoms with Crippen molar-refractivity contribution in [2.24, 2.45) is 7.05 Å². The van der Waals surface area contributed by atoms with Crippen LogP contribution in [0.1, 0.15) is 24.0 Å². The number of hydrogen-bond donors (Lipinski definition) is 1. The summed E-state index contributed by atoms with van der Waals surface area (Å²) in [5.74, 6) is 0. The minimum absolute atomic E-state index is 0.211. The molecule has 2 unspecified atom stereocenters. The van der Waals surface area contributed by atoms with E-state index in [1.54, 1.807) is 4.90 Å². The monoisotopic (exact) mass is 406 g/mol. The molecular weight excluding hydrogens is 380 g/mol. The maximum Gasteiger partial charge on any atom is 0.410 e. The number of aryl methyl sites for hydroxylation is 1. The molecule has 0 aliphatic carbocycles. The van der Waals surface area contributed by atoms with Gasteiger partial charge >= 0.3 is 6.09 Å². The van der Waals surface area contributed by atoms with Crippen molar-refractivity contribution in [3.63, 3.8) is 0 Å². The molecule has 156 valence electrons. The summed E-state index contributed by atoms with van der Waals surface area (Å²) < 4.78 is 13.4. The Bertz CT molecular complexity index is 1050. The third-order valence-corrected chi connectivity index (χ3v) is 6.39. The summed E-state index contributed by atoms with van der Waals surface area (Å²) in [5, 5.41) is 12.7. The van der Waals surface area contributed by atoms with E-state index in [0.29, 0.717) is 26.1 Å². The molecule has 2 fully saturated rings. The first-order chi connectivity index (χ1) is 14.5. The number of fused-ring (bicyclic) bond motifs is 3. The van der Waals surface area contributed by atoms with Gasteiger partial charge in [-0.05, 0) is 34.7 Å². The fourth-order valence-corrected chi connectivity index (χ4v) is 4.88. The SMILES string of the molecule is Cn1ccc2cc(C3(O)CC4COCC(C3)N4C(=O)OCc3ccccc3)ccc21. The molecule has 0 saturated carbocycles. The van der Waals surface area contributed by atoms with E-state index in [2.05, 4.69) is 22.8 Å². The smallest absolute Gasteiger partial charge is 0.410 e. The number of rotatable bonds is 3. The number of piperidine rings is 1. The first kappa shape index (κ1) is 19.2. The van der Waals surface area contributed by atoms with E-state index in [1.807, 2.05) is 49.6 Å². The number of carbonyl (C=O) groups excluding carboxylic acids is 1. The highest BCUT2D eigenvalue weighted by Gasteiger charge is 2.49. The first-order valence-corrected chi connectivity index (χ1v) is 10.4. The molecule has 2 saturated heterocycles. The highest BCUT2D eigenvalue weighted by molar-refractivity contribution is 5.81. The van der Waals surface area contributed by atoms with Gasteiger partial charge in [-0.2, -0.15) is 0 Å². The largest absolute Gasteiger partial charge is 0.445 e. The van der Waals surface area contributed by atoms with Crippen LogP contribution in [0.3, 0.4) is 0 Å². The van der Waals surface area contributed by atoms with Gasteiger partial charge in [-0.1, -0.05) is 36.4 Å². The Morgan fingerprint density at radius 3 is 2.60 bits per heavy atom. The van der Waals surface area contributed by atoms with Crippen LogP contribution < -0.4 is 0 Å². The van der Waals surface area contributed by atoms with Gasteiger partial charge in [-0.15, -0.1) is 0 Å². The van der Waals surface area contributed by atoms with Gasteiger partial charge in [0.25, 0.3) is 0 Å². The molecule has 1 aromatic heterocycles. The molecule has 6 nitrogen and oxygen atoms in total. The molecule has 1 amide bonds. The minimum Gasteiger partial charge on any atom is -0.445 e.